The number of anilines is 1. The van der Waals surface area contributed by atoms with Crippen LogP contribution in [0, 0.1) is 17.6 Å². The molecule has 1 atom stereocenters. The molecule has 0 aliphatic heterocycles. The Morgan fingerprint density at radius 3 is 2.50 bits per heavy atom. The number of nitrogens with one attached hydrogen (secondary N) is 1. The topological polar surface area (TPSA) is 75.3 Å². The van der Waals surface area contributed by atoms with E-state index < -0.39 is 23.2 Å². The zero-order valence-electron chi connectivity index (χ0n) is 10.2. The molecule has 0 fully saturated rings. The summed E-state index contributed by atoms with van der Waals surface area (Å²) in [5, 5.41) is 11.3. The maximum Gasteiger partial charge on any atom is 0.338 e. The first-order valence-electron chi connectivity index (χ1n) is 5.55. The van der Waals surface area contributed by atoms with Crippen molar-refractivity contribution in [1.29, 1.82) is 0 Å². The fourth-order valence-electron chi connectivity index (χ4n) is 1.31. The highest BCUT2D eigenvalue weighted by molar-refractivity contribution is 5.88. The molecule has 0 aromatic heterocycles. The van der Waals surface area contributed by atoms with Gasteiger partial charge in [0.1, 0.15) is 0 Å². The van der Waals surface area contributed by atoms with E-state index in [2.05, 4.69) is 5.32 Å². The second kappa shape index (κ2) is 5.77. The molecule has 0 saturated carbocycles. The SMILES string of the molecule is CC(C)C(N)CNc1ccc(C(=O)O)c(F)c1F. The number of carbonyl (C=O) groups is 1. The fraction of sp³-hybridized carbons (Fsp3) is 0.417. The van der Waals surface area contributed by atoms with Crippen LogP contribution in [0.4, 0.5) is 14.5 Å². The minimum Gasteiger partial charge on any atom is -0.478 e. The molecule has 1 rings (SSSR count). The van der Waals surface area contributed by atoms with E-state index in [0.29, 0.717) is 0 Å². The molecule has 0 heterocycles. The third kappa shape index (κ3) is 3.16. The number of aromatic carboxylic acids is 1. The second-order valence-corrected chi connectivity index (χ2v) is 4.38. The van der Waals surface area contributed by atoms with Gasteiger partial charge in [0.05, 0.1) is 11.3 Å². The number of benzene rings is 1. The van der Waals surface area contributed by atoms with Crippen LogP contribution in [0.5, 0.6) is 0 Å². The van der Waals surface area contributed by atoms with E-state index in [9.17, 15) is 13.6 Å². The zero-order valence-corrected chi connectivity index (χ0v) is 10.2. The molecule has 1 aromatic carbocycles. The van der Waals surface area contributed by atoms with Crippen LogP contribution >= 0.6 is 0 Å². The molecular weight excluding hydrogens is 242 g/mol. The van der Waals surface area contributed by atoms with Crippen LogP contribution in [0.1, 0.15) is 24.2 Å². The van der Waals surface area contributed by atoms with Gasteiger partial charge in [0.15, 0.2) is 11.6 Å². The summed E-state index contributed by atoms with van der Waals surface area (Å²) in [7, 11) is 0. The molecule has 100 valence electrons. The summed E-state index contributed by atoms with van der Waals surface area (Å²) in [4.78, 5) is 10.6. The summed E-state index contributed by atoms with van der Waals surface area (Å²) < 4.78 is 26.9. The Hall–Kier alpha value is -1.69. The average Bonchev–Trinajstić information content (AvgIpc) is 2.30. The molecule has 0 spiro atoms. The summed E-state index contributed by atoms with van der Waals surface area (Å²) in [6, 6.07) is 2.01. The Morgan fingerprint density at radius 1 is 1.39 bits per heavy atom. The average molecular weight is 258 g/mol. The first kappa shape index (κ1) is 14.4. The van der Waals surface area contributed by atoms with Crippen molar-refractivity contribution in [2.24, 2.45) is 11.7 Å². The van der Waals surface area contributed by atoms with Gasteiger partial charge in [-0.1, -0.05) is 13.8 Å². The highest BCUT2D eigenvalue weighted by atomic mass is 19.2. The predicted molar refractivity (Wildman–Crippen MR) is 64.6 cm³/mol. The number of nitrogens with two attached hydrogens (primary N) is 1. The van der Waals surface area contributed by atoms with Crippen LogP contribution < -0.4 is 11.1 Å². The van der Waals surface area contributed by atoms with E-state index in [1.54, 1.807) is 0 Å². The third-order valence-electron chi connectivity index (χ3n) is 2.70. The summed E-state index contributed by atoms with van der Waals surface area (Å²) in [5.74, 6) is -3.88. The van der Waals surface area contributed by atoms with Crippen LogP contribution in [0.3, 0.4) is 0 Å². The van der Waals surface area contributed by atoms with E-state index >= 15 is 0 Å². The Bertz CT molecular complexity index is 450. The lowest BCUT2D eigenvalue weighted by Gasteiger charge is -2.17. The van der Waals surface area contributed by atoms with Crippen molar-refractivity contribution in [1.82, 2.24) is 0 Å². The van der Waals surface area contributed by atoms with Crippen LogP contribution in [0.25, 0.3) is 0 Å². The standard InChI is InChI=1S/C12H16F2N2O2/c1-6(2)8(15)5-16-9-4-3-7(12(17)18)10(13)11(9)14/h3-4,6,8,16H,5,15H2,1-2H3,(H,17,18). The van der Waals surface area contributed by atoms with Crippen LogP contribution in [-0.4, -0.2) is 23.7 Å². The van der Waals surface area contributed by atoms with Gasteiger partial charge in [0, 0.05) is 12.6 Å². The largest absolute Gasteiger partial charge is 0.478 e. The van der Waals surface area contributed by atoms with E-state index in [-0.39, 0.29) is 24.2 Å². The lowest BCUT2D eigenvalue weighted by atomic mass is 10.1. The summed E-state index contributed by atoms with van der Waals surface area (Å²) in [6.07, 6.45) is 0. The smallest absolute Gasteiger partial charge is 0.338 e. The van der Waals surface area contributed by atoms with Crippen LogP contribution in [0.15, 0.2) is 12.1 Å². The van der Waals surface area contributed by atoms with Gasteiger partial charge in [0.25, 0.3) is 0 Å². The number of hydrogen-bond donors (Lipinski definition) is 3. The Labute approximate surface area is 104 Å². The minimum absolute atomic E-state index is 0.0893. The monoisotopic (exact) mass is 258 g/mol. The molecule has 0 amide bonds. The van der Waals surface area contributed by atoms with Crippen molar-refractivity contribution in [2.75, 3.05) is 11.9 Å². The Balaban J connectivity index is 2.86. The number of rotatable bonds is 5. The maximum atomic E-state index is 13.5. The molecule has 6 heteroatoms. The number of carboxylic acid groups (broad SMARTS) is 1. The van der Waals surface area contributed by atoms with Crippen molar-refractivity contribution in [3.05, 3.63) is 29.3 Å². The highest BCUT2D eigenvalue weighted by Gasteiger charge is 2.18. The quantitative estimate of drug-likeness (QED) is 0.755. The number of hydrogen-bond acceptors (Lipinski definition) is 3. The van der Waals surface area contributed by atoms with Crippen LogP contribution in [-0.2, 0) is 0 Å². The van der Waals surface area contributed by atoms with Crippen LogP contribution in [0.2, 0.25) is 0 Å². The molecule has 0 bridgehead atoms. The lowest BCUT2D eigenvalue weighted by molar-refractivity contribution is 0.0690. The molecule has 4 N–H and O–H groups in total. The van der Waals surface area contributed by atoms with Crippen molar-refractivity contribution in [3.63, 3.8) is 0 Å². The number of carboxylic acids is 1. The molecule has 1 unspecified atom stereocenters. The first-order valence-corrected chi connectivity index (χ1v) is 5.55. The highest BCUT2D eigenvalue weighted by Crippen LogP contribution is 2.20. The van der Waals surface area contributed by atoms with E-state index in [0.717, 1.165) is 6.07 Å². The second-order valence-electron chi connectivity index (χ2n) is 4.38. The molecule has 0 radical (unpaired) electrons. The van der Waals surface area contributed by atoms with E-state index in [1.165, 1.54) is 6.07 Å². The van der Waals surface area contributed by atoms with Gasteiger partial charge in [-0.3, -0.25) is 0 Å². The molecule has 0 aliphatic carbocycles. The molecular formula is C12H16F2N2O2. The van der Waals surface area contributed by atoms with Gasteiger partial charge < -0.3 is 16.2 Å². The first-order chi connectivity index (χ1) is 8.34. The van der Waals surface area contributed by atoms with E-state index in [1.807, 2.05) is 13.8 Å². The van der Waals surface area contributed by atoms with Crippen molar-refractivity contribution >= 4 is 11.7 Å². The maximum absolute atomic E-state index is 13.5. The van der Waals surface area contributed by atoms with Crippen molar-refractivity contribution in [2.45, 2.75) is 19.9 Å². The molecule has 18 heavy (non-hydrogen) atoms. The van der Waals surface area contributed by atoms with Crippen molar-refractivity contribution in [3.8, 4) is 0 Å². The van der Waals surface area contributed by atoms with Gasteiger partial charge in [-0.15, -0.1) is 0 Å². The van der Waals surface area contributed by atoms with Gasteiger partial charge >= 0.3 is 5.97 Å². The van der Waals surface area contributed by atoms with Crippen molar-refractivity contribution < 1.29 is 18.7 Å². The molecule has 0 saturated heterocycles. The normalized spacial score (nSPS) is 12.6. The summed E-state index contributed by atoms with van der Waals surface area (Å²) in [5.41, 5.74) is 4.98. The van der Waals surface area contributed by atoms with Gasteiger partial charge in [-0.05, 0) is 18.1 Å². The Kier molecular flexibility index (Phi) is 4.61. The predicted octanol–water partition coefficient (Wildman–Crippen LogP) is 2.06. The van der Waals surface area contributed by atoms with Gasteiger partial charge in [0.2, 0.25) is 0 Å². The summed E-state index contributed by atoms with van der Waals surface area (Å²) in [6.45, 7) is 4.11. The lowest BCUT2D eigenvalue weighted by Crippen LogP contribution is -2.34. The fourth-order valence-corrected chi connectivity index (χ4v) is 1.31. The Morgan fingerprint density at radius 2 is 2.00 bits per heavy atom. The third-order valence-corrected chi connectivity index (χ3v) is 2.70. The number of halogens is 2. The minimum atomic E-state index is -1.50. The zero-order chi connectivity index (χ0) is 13.9. The molecule has 4 nitrogen and oxygen atoms in total. The molecule has 0 aliphatic rings. The van der Waals surface area contributed by atoms with Gasteiger partial charge in [-0.2, -0.15) is 0 Å². The van der Waals surface area contributed by atoms with E-state index in [4.69, 9.17) is 10.8 Å². The van der Waals surface area contributed by atoms with Gasteiger partial charge in [-0.25, -0.2) is 13.6 Å². The summed E-state index contributed by atoms with van der Waals surface area (Å²) >= 11 is 0. The molecule has 1 aromatic rings.